The van der Waals surface area contributed by atoms with Gasteiger partial charge in [-0.1, -0.05) is 0 Å². The molecule has 0 atom stereocenters. The number of carbonyl (C=O) groups excluding carboxylic acids is 2. The average molecular weight is 320 g/mol. The van der Waals surface area contributed by atoms with Crippen LogP contribution >= 0.6 is 0 Å². The van der Waals surface area contributed by atoms with Crippen molar-refractivity contribution in [3.05, 3.63) is 23.8 Å². The normalized spacial score (nSPS) is 13.7. The van der Waals surface area contributed by atoms with Crippen molar-refractivity contribution >= 4 is 17.6 Å². The van der Waals surface area contributed by atoms with Crippen LogP contribution in [0.3, 0.4) is 0 Å². The zero-order chi connectivity index (χ0) is 16.8. The molecule has 1 fully saturated rings. The number of anilines is 1. The maximum Gasteiger partial charge on any atom is 0.337 e. The Morgan fingerprint density at radius 3 is 2.65 bits per heavy atom. The third-order valence-electron chi connectivity index (χ3n) is 3.45. The van der Waals surface area contributed by atoms with E-state index in [2.05, 4.69) is 10.6 Å². The van der Waals surface area contributed by atoms with Crippen LogP contribution < -0.4 is 15.4 Å². The first kappa shape index (κ1) is 17.3. The second-order valence-electron chi connectivity index (χ2n) is 5.99. The fraction of sp³-hybridized carbons (Fsp3) is 0.529. The van der Waals surface area contributed by atoms with Crippen LogP contribution in [0.2, 0.25) is 0 Å². The summed E-state index contributed by atoms with van der Waals surface area (Å²) in [6.45, 7) is 4.90. The highest BCUT2D eigenvalue weighted by Gasteiger charge is 2.21. The Kier molecular flexibility index (Phi) is 5.98. The molecule has 0 radical (unpaired) electrons. The number of esters is 1. The predicted molar refractivity (Wildman–Crippen MR) is 87.8 cm³/mol. The van der Waals surface area contributed by atoms with Gasteiger partial charge in [0.05, 0.1) is 31.0 Å². The molecule has 1 aromatic carbocycles. The van der Waals surface area contributed by atoms with Crippen LogP contribution in [0.4, 0.5) is 5.69 Å². The lowest BCUT2D eigenvalue weighted by Crippen LogP contribution is -2.29. The summed E-state index contributed by atoms with van der Waals surface area (Å²) in [6, 6.07) is 4.85. The van der Waals surface area contributed by atoms with Crippen LogP contribution in [-0.4, -0.2) is 38.2 Å². The van der Waals surface area contributed by atoms with E-state index < -0.39 is 5.97 Å². The topological polar surface area (TPSA) is 76.7 Å². The second-order valence-corrected chi connectivity index (χ2v) is 5.99. The Morgan fingerprint density at radius 2 is 2.04 bits per heavy atom. The number of benzene rings is 1. The molecule has 0 aliphatic heterocycles. The third-order valence-corrected chi connectivity index (χ3v) is 3.45. The fourth-order valence-electron chi connectivity index (χ4n) is 2.14. The highest BCUT2D eigenvalue weighted by atomic mass is 16.5. The van der Waals surface area contributed by atoms with Crippen molar-refractivity contribution < 1.29 is 19.1 Å². The van der Waals surface area contributed by atoms with Gasteiger partial charge in [0.15, 0.2) is 0 Å². The largest absolute Gasteiger partial charge is 0.489 e. The minimum atomic E-state index is -0.455. The Labute approximate surface area is 136 Å². The number of carbonyl (C=O) groups is 2. The zero-order valence-corrected chi connectivity index (χ0v) is 13.8. The van der Waals surface area contributed by atoms with E-state index in [-0.39, 0.29) is 18.6 Å². The van der Waals surface area contributed by atoms with Crippen molar-refractivity contribution in [1.82, 2.24) is 5.32 Å². The van der Waals surface area contributed by atoms with Gasteiger partial charge < -0.3 is 20.1 Å². The van der Waals surface area contributed by atoms with Crippen LogP contribution in [0.5, 0.6) is 5.75 Å². The molecule has 6 nitrogen and oxygen atoms in total. The molecule has 1 saturated carbocycles. The lowest BCUT2D eigenvalue weighted by molar-refractivity contribution is -0.115. The van der Waals surface area contributed by atoms with E-state index in [1.165, 1.54) is 20.0 Å². The summed E-state index contributed by atoms with van der Waals surface area (Å²) in [6.07, 6.45) is 2.44. The third kappa shape index (κ3) is 5.56. The molecule has 2 N–H and O–H groups in total. The van der Waals surface area contributed by atoms with Crippen molar-refractivity contribution in [2.24, 2.45) is 5.92 Å². The maximum atomic E-state index is 12.1. The van der Waals surface area contributed by atoms with Gasteiger partial charge in [0.25, 0.3) is 0 Å². The molecule has 0 heterocycles. The quantitative estimate of drug-likeness (QED) is 0.718. The van der Waals surface area contributed by atoms with Crippen molar-refractivity contribution in [2.45, 2.75) is 32.8 Å². The number of amides is 1. The molecule has 23 heavy (non-hydrogen) atoms. The van der Waals surface area contributed by atoms with Crippen LogP contribution in [0.25, 0.3) is 0 Å². The standard InChI is InChI=1S/C17H24N2O4/c1-11(2)23-15-7-6-13(17(21)22-3)8-14(15)19-16(20)10-18-9-12-4-5-12/h6-8,11-12,18H,4-5,9-10H2,1-3H3,(H,19,20). The van der Waals surface area contributed by atoms with Gasteiger partial charge in [0.1, 0.15) is 5.75 Å². The number of ether oxygens (including phenoxy) is 2. The first-order valence-electron chi connectivity index (χ1n) is 7.89. The monoisotopic (exact) mass is 320 g/mol. The van der Waals surface area contributed by atoms with Crippen molar-refractivity contribution in [2.75, 3.05) is 25.5 Å². The summed E-state index contributed by atoms with van der Waals surface area (Å²) in [4.78, 5) is 23.7. The van der Waals surface area contributed by atoms with Gasteiger partial charge in [-0.25, -0.2) is 4.79 Å². The van der Waals surface area contributed by atoms with Crippen LogP contribution in [0.1, 0.15) is 37.0 Å². The number of hydrogen-bond acceptors (Lipinski definition) is 5. The Hall–Kier alpha value is -2.08. The molecule has 0 spiro atoms. The summed E-state index contributed by atoms with van der Waals surface area (Å²) < 4.78 is 10.4. The molecular weight excluding hydrogens is 296 g/mol. The van der Waals surface area contributed by atoms with Crippen molar-refractivity contribution in [3.8, 4) is 5.75 Å². The summed E-state index contributed by atoms with van der Waals surface area (Å²) in [5.41, 5.74) is 0.838. The molecule has 1 aliphatic rings. The van der Waals surface area contributed by atoms with Gasteiger partial charge in [0, 0.05) is 0 Å². The summed E-state index contributed by atoms with van der Waals surface area (Å²) >= 11 is 0. The van der Waals surface area contributed by atoms with E-state index >= 15 is 0 Å². The van der Waals surface area contributed by atoms with Gasteiger partial charge >= 0.3 is 5.97 Å². The fourth-order valence-corrected chi connectivity index (χ4v) is 2.14. The number of hydrogen-bond donors (Lipinski definition) is 2. The molecule has 1 aliphatic carbocycles. The Balaban J connectivity index is 2.04. The highest BCUT2D eigenvalue weighted by molar-refractivity contribution is 5.96. The highest BCUT2D eigenvalue weighted by Crippen LogP contribution is 2.28. The minimum Gasteiger partial charge on any atom is -0.489 e. The molecule has 1 amide bonds. The smallest absolute Gasteiger partial charge is 0.337 e. The molecule has 2 rings (SSSR count). The molecule has 126 valence electrons. The van der Waals surface area contributed by atoms with E-state index in [9.17, 15) is 9.59 Å². The number of methoxy groups -OCH3 is 1. The van der Waals surface area contributed by atoms with Crippen LogP contribution in [0.15, 0.2) is 18.2 Å². The van der Waals surface area contributed by atoms with E-state index in [1.807, 2.05) is 13.8 Å². The van der Waals surface area contributed by atoms with E-state index in [0.29, 0.717) is 22.9 Å². The first-order valence-corrected chi connectivity index (χ1v) is 7.89. The van der Waals surface area contributed by atoms with Crippen molar-refractivity contribution in [3.63, 3.8) is 0 Å². The lowest BCUT2D eigenvalue weighted by Gasteiger charge is -2.16. The number of nitrogens with one attached hydrogen (secondary N) is 2. The molecule has 0 saturated heterocycles. The molecule has 1 aromatic rings. The van der Waals surface area contributed by atoms with Crippen LogP contribution in [0, 0.1) is 5.92 Å². The Morgan fingerprint density at radius 1 is 1.30 bits per heavy atom. The van der Waals surface area contributed by atoms with Gasteiger partial charge in [-0.05, 0) is 57.4 Å². The number of rotatable bonds is 8. The molecule has 0 unspecified atom stereocenters. The molecule has 0 bridgehead atoms. The van der Waals surface area contributed by atoms with E-state index in [0.717, 1.165) is 6.54 Å². The summed E-state index contributed by atoms with van der Waals surface area (Å²) in [5.74, 6) is 0.623. The average Bonchev–Trinajstić information content (AvgIpc) is 3.32. The second kappa shape index (κ2) is 7.97. The van der Waals surface area contributed by atoms with Crippen LogP contribution in [-0.2, 0) is 9.53 Å². The predicted octanol–water partition coefficient (Wildman–Crippen LogP) is 2.20. The lowest BCUT2D eigenvalue weighted by atomic mass is 10.2. The SMILES string of the molecule is COC(=O)c1ccc(OC(C)C)c(NC(=O)CNCC2CC2)c1. The van der Waals surface area contributed by atoms with Gasteiger partial charge in [-0.3, -0.25) is 4.79 Å². The van der Waals surface area contributed by atoms with Gasteiger partial charge in [-0.15, -0.1) is 0 Å². The summed E-state index contributed by atoms with van der Waals surface area (Å²) in [5, 5.41) is 5.93. The van der Waals surface area contributed by atoms with E-state index in [1.54, 1.807) is 18.2 Å². The molecular formula is C17H24N2O4. The molecule has 0 aromatic heterocycles. The summed E-state index contributed by atoms with van der Waals surface area (Å²) in [7, 11) is 1.32. The zero-order valence-electron chi connectivity index (χ0n) is 13.8. The Bertz CT molecular complexity index is 568. The first-order chi connectivity index (χ1) is 11.0. The van der Waals surface area contributed by atoms with Crippen molar-refractivity contribution in [1.29, 1.82) is 0 Å². The maximum absolute atomic E-state index is 12.1. The molecule has 6 heteroatoms. The van der Waals surface area contributed by atoms with Gasteiger partial charge in [-0.2, -0.15) is 0 Å². The van der Waals surface area contributed by atoms with E-state index in [4.69, 9.17) is 9.47 Å². The van der Waals surface area contributed by atoms with Gasteiger partial charge in [0.2, 0.25) is 5.91 Å². The minimum absolute atomic E-state index is 0.0392.